The van der Waals surface area contributed by atoms with Crippen LogP contribution in [0.4, 0.5) is 14.5 Å². The topological polar surface area (TPSA) is 65.1 Å². The molecule has 0 aliphatic rings. The lowest BCUT2D eigenvalue weighted by Gasteiger charge is -2.11. The number of rotatable bonds is 3. The minimum Gasteiger partial charge on any atom is -0.399 e. The average Bonchev–Trinajstić information content (AvgIpc) is 2.89. The minimum absolute atomic E-state index is 0.00280. The molecule has 0 saturated carbocycles. The smallest absolute Gasteiger partial charge is 0.268 e. The molecule has 0 amide bonds. The quantitative estimate of drug-likeness (QED) is 0.736. The third-order valence-electron chi connectivity index (χ3n) is 3.54. The second-order valence-electron chi connectivity index (χ2n) is 5.40. The minimum atomic E-state index is -3.97. The molecule has 0 fully saturated rings. The molecule has 0 unspecified atom stereocenters. The largest absolute Gasteiger partial charge is 0.399 e. The summed E-state index contributed by atoms with van der Waals surface area (Å²) in [5, 5.41) is 0. The van der Waals surface area contributed by atoms with Crippen molar-refractivity contribution in [3.05, 3.63) is 71.9 Å². The molecule has 2 aromatic carbocycles. The van der Waals surface area contributed by atoms with Gasteiger partial charge in [0.25, 0.3) is 10.0 Å². The summed E-state index contributed by atoms with van der Waals surface area (Å²) < 4.78 is 54.0. The fraction of sp³-hybridized carbons (Fsp3) is 0.0588. The molecule has 3 aromatic rings. The van der Waals surface area contributed by atoms with Crippen LogP contribution in [0.25, 0.3) is 11.3 Å². The average molecular weight is 348 g/mol. The summed E-state index contributed by atoms with van der Waals surface area (Å²) in [6.45, 7) is 1.69. The first kappa shape index (κ1) is 16.2. The molecular weight excluding hydrogens is 334 g/mol. The lowest BCUT2D eigenvalue weighted by atomic mass is 10.1. The maximum Gasteiger partial charge on any atom is 0.268 e. The Morgan fingerprint density at radius 3 is 2.46 bits per heavy atom. The van der Waals surface area contributed by atoms with Crippen LogP contribution in [0.2, 0.25) is 0 Å². The van der Waals surface area contributed by atoms with Gasteiger partial charge in [0.05, 0.1) is 10.6 Å². The molecular formula is C17H14F2N2O2S. The maximum absolute atomic E-state index is 14.1. The number of anilines is 1. The highest BCUT2D eigenvalue weighted by Gasteiger charge is 2.23. The van der Waals surface area contributed by atoms with Gasteiger partial charge in [0.15, 0.2) is 0 Å². The Kier molecular flexibility index (Phi) is 3.88. The van der Waals surface area contributed by atoms with E-state index in [9.17, 15) is 17.2 Å². The van der Waals surface area contributed by atoms with Crippen LogP contribution in [0, 0.1) is 18.6 Å². The van der Waals surface area contributed by atoms with Gasteiger partial charge in [-0.2, -0.15) is 0 Å². The summed E-state index contributed by atoms with van der Waals surface area (Å²) in [5.74, 6) is -1.57. The lowest BCUT2D eigenvalue weighted by molar-refractivity contribution is 0.583. The van der Waals surface area contributed by atoms with Gasteiger partial charge in [0.2, 0.25) is 0 Å². The molecule has 0 radical (unpaired) electrons. The molecule has 0 aliphatic heterocycles. The van der Waals surface area contributed by atoms with Crippen LogP contribution in [0.1, 0.15) is 5.56 Å². The van der Waals surface area contributed by atoms with Crippen LogP contribution in [-0.2, 0) is 10.0 Å². The van der Waals surface area contributed by atoms with Crippen LogP contribution in [0.3, 0.4) is 0 Å². The number of nitrogen functional groups attached to an aromatic ring is 1. The highest BCUT2D eigenvalue weighted by atomic mass is 32.2. The van der Waals surface area contributed by atoms with Crippen LogP contribution in [0.5, 0.6) is 0 Å². The maximum atomic E-state index is 14.1. The van der Waals surface area contributed by atoms with E-state index in [-0.39, 0.29) is 16.2 Å². The zero-order valence-electron chi connectivity index (χ0n) is 12.7. The molecule has 0 bridgehead atoms. The van der Waals surface area contributed by atoms with E-state index in [4.69, 9.17) is 5.73 Å². The number of halogens is 2. The van der Waals surface area contributed by atoms with E-state index in [2.05, 4.69) is 0 Å². The van der Waals surface area contributed by atoms with Crippen molar-refractivity contribution in [2.45, 2.75) is 11.8 Å². The zero-order chi connectivity index (χ0) is 17.5. The molecule has 7 heteroatoms. The summed E-state index contributed by atoms with van der Waals surface area (Å²) >= 11 is 0. The van der Waals surface area contributed by atoms with Gasteiger partial charge < -0.3 is 5.73 Å². The highest BCUT2D eigenvalue weighted by molar-refractivity contribution is 7.90. The Morgan fingerprint density at radius 1 is 1.04 bits per heavy atom. The molecule has 3 rings (SSSR count). The normalized spacial score (nSPS) is 11.6. The van der Waals surface area contributed by atoms with Crippen LogP contribution >= 0.6 is 0 Å². The molecule has 0 spiro atoms. The summed E-state index contributed by atoms with van der Waals surface area (Å²) in [5.41, 5.74) is 6.69. The summed E-state index contributed by atoms with van der Waals surface area (Å²) in [6, 6.07) is 10.4. The van der Waals surface area contributed by atoms with Crippen molar-refractivity contribution in [1.82, 2.24) is 3.97 Å². The van der Waals surface area contributed by atoms with Gasteiger partial charge >= 0.3 is 0 Å². The molecule has 1 aromatic heterocycles. The summed E-state index contributed by atoms with van der Waals surface area (Å²) in [7, 11) is -3.97. The second kappa shape index (κ2) is 5.76. The first-order chi connectivity index (χ1) is 11.3. The Balaban J connectivity index is 2.23. The molecule has 124 valence electrons. The van der Waals surface area contributed by atoms with E-state index in [1.54, 1.807) is 13.0 Å². The van der Waals surface area contributed by atoms with Crippen LogP contribution in [-0.4, -0.2) is 12.4 Å². The van der Waals surface area contributed by atoms with Crippen molar-refractivity contribution in [2.75, 3.05) is 5.73 Å². The molecule has 0 saturated heterocycles. The van der Waals surface area contributed by atoms with E-state index < -0.39 is 21.7 Å². The number of hydrogen-bond acceptors (Lipinski definition) is 3. The van der Waals surface area contributed by atoms with Gasteiger partial charge in [-0.05, 0) is 48.9 Å². The van der Waals surface area contributed by atoms with Gasteiger partial charge in [0.1, 0.15) is 11.6 Å². The van der Waals surface area contributed by atoms with Gasteiger partial charge in [-0.3, -0.25) is 0 Å². The molecule has 4 nitrogen and oxygen atoms in total. The van der Waals surface area contributed by atoms with Crippen molar-refractivity contribution >= 4 is 15.7 Å². The highest BCUT2D eigenvalue weighted by Crippen LogP contribution is 2.29. The molecule has 0 aliphatic carbocycles. The zero-order valence-corrected chi connectivity index (χ0v) is 13.5. The molecule has 24 heavy (non-hydrogen) atoms. The van der Waals surface area contributed by atoms with E-state index in [1.807, 2.05) is 0 Å². The number of nitrogens with two attached hydrogens (primary N) is 1. The van der Waals surface area contributed by atoms with E-state index in [1.165, 1.54) is 36.5 Å². The SMILES string of the molecule is Cc1cc(-c2ccc(F)cc2F)n(S(=O)(=O)c2cccc(N)c2)c1. The summed E-state index contributed by atoms with van der Waals surface area (Å²) in [4.78, 5) is -0.0122. The monoisotopic (exact) mass is 348 g/mol. The standard InChI is InChI=1S/C17H14F2N2O2S/c1-11-7-17(15-6-5-12(18)8-16(15)19)21(10-11)24(22,23)14-4-2-3-13(20)9-14/h2-10H,20H2,1H3. The molecule has 2 N–H and O–H groups in total. The predicted octanol–water partition coefficient (Wildman–Crippen LogP) is 3.56. The number of aromatic nitrogens is 1. The van der Waals surface area contributed by atoms with Crippen LogP contribution < -0.4 is 5.73 Å². The Morgan fingerprint density at radius 2 is 1.79 bits per heavy atom. The van der Waals surface area contributed by atoms with E-state index in [0.29, 0.717) is 11.3 Å². The fourth-order valence-electron chi connectivity index (χ4n) is 2.45. The van der Waals surface area contributed by atoms with Crippen molar-refractivity contribution in [2.24, 2.45) is 0 Å². The number of nitrogens with zero attached hydrogens (tertiary/aromatic N) is 1. The van der Waals surface area contributed by atoms with E-state index >= 15 is 0 Å². The number of hydrogen-bond donors (Lipinski definition) is 1. The molecule has 0 atom stereocenters. The Labute approximate surface area is 138 Å². The molecule has 1 heterocycles. The van der Waals surface area contributed by atoms with Crippen molar-refractivity contribution < 1.29 is 17.2 Å². The van der Waals surface area contributed by atoms with Crippen LogP contribution in [0.15, 0.2) is 59.6 Å². The third kappa shape index (κ3) is 2.78. The first-order valence-electron chi connectivity index (χ1n) is 7.04. The first-order valence-corrected chi connectivity index (χ1v) is 8.48. The predicted molar refractivity (Wildman–Crippen MR) is 88.0 cm³/mol. The van der Waals surface area contributed by atoms with Crippen molar-refractivity contribution in [1.29, 1.82) is 0 Å². The third-order valence-corrected chi connectivity index (χ3v) is 5.21. The lowest BCUT2D eigenvalue weighted by Crippen LogP contribution is -2.13. The number of benzene rings is 2. The van der Waals surface area contributed by atoms with Crippen molar-refractivity contribution in [3.8, 4) is 11.3 Å². The Bertz CT molecular complexity index is 1030. The number of aryl methyl sites for hydroxylation is 1. The Hall–Kier alpha value is -2.67. The van der Waals surface area contributed by atoms with Gasteiger partial charge in [-0.25, -0.2) is 21.2 Å². The second-order valence-corrected chi connectivity index (χ2v) is 7.22. The fourth-order valence-corrected chi connectivity index (χ4v) is 3.93. The summed E-state index contributed by atoms with van der Waals surface area (Å²) in [6.07, 6.45) is 1.39. The van der Waals surface area contributed by atoms with Gasteiger partial charge in [-0.15, -0.1) is 0 Å². The van der Waals surface area contributed by atoms with E-state index in [0.717, 1.165) is 16.1 Å². The van der Waals surface area contributed by atoms with Gasteiger partial charge in [-0.1, -0.05) is 6.07 Å². The van der Waals surface area contributed by atoms with Gasteiger partial charge in [0, 0.05) is 23.5 Å². The van der Waals surface area contributed by atoms with Crippen molar-refractivity contribution in [3.63, 3.8) is 0 Å².